The van der Waals surface area contributed by atoms with Gasteiger partial charge in [-0.05, 0) is 37.5 Å². The quantitative estimate of drug-likeness (QED) is 0.322. The van der Waals surface area contributed by atoms with E-state index < -0.39 is 24.1 Å². The van der Waals surface area contributed by atoms with Gasteiger partial charge in [0.2, 0.25) is 5.69 Å². The molecule has 0 spiro atoms. The molecule has 2 heterocycles. The van der Waals surface area contributed by atoms with E-state index in [4.69, 9.17) is 20.9 Å². The van der Waals surface area contributed by atoms with Crippen molar-refractivity contribution >= 4 is 35.2 Å². The number of carboxylic acids is 1. The number of nitriles is 1. The first kappa shape index (κ1) is 25.0. The molecule has 10 nitrogen and oxygen atoms in total. The molecule has 1 aromatic carbocycles. The second-order valence-corrected chi connectivity index (χ2v) is 8.98. The van der Waals surface area contributed by atoms with Crippen LogP contribution in [0.3, 0.4) is 0 Å². The molecule has 1 saturated carbocycles. The average Bonchev–Trinajstić information content (AvgIpc) is 3.60. The SMILES string of the molecule is CC(OC(=O)Nc1c(C#N)noc1-c1ccc(NCC(CC2CC2)C(=O)O)nc1)c1ccccc1Cl. The number of aromatic nitrogens is 2. The van der Waals surface area contributed by atoms with Crippen LogP contribution in [0.4, 0.5) is 16.3 Å². The van der Waals surface area contributed by atoms with Gasteiger partial charge in [-0.15, -0.1) is 0 Å². The van der Waals surface area contributed by atoms with Gasteiger partial charge in [-0.1, -0.05) is 47.8 Å². The number of amides is 1. The van der Waals surface area contributed by atoms with Crippen molar-refractivity contribution in [3.8, 4) is 17.4 Å². The van der Waals surface area contributed by atoms with Gasteiger partial charge in [-0.2, -0.15) is 5.26 Å². The van der Waals surface area contributed by atoms with Gasteiger partial charge in [0.05, 0.1) is 5.92 Å². The minimum Gasteiger partial charge on any atom is -0.481 e. The third kappa shape index (κ3) is 6.12. The lowest BCUT2D eigenvalue weighted by atomic mass is 10.0. The number of pyridine rings is 1. The van der Waals surface area contributed by atoms with Crippen molar-refractivity contribution in [3.63, 3.8) is 0 Å². The predicted molar refractivity (Wildman–Crippen MR) is 131 cm³/mol. The van der Waals surface area contributed by atoms with E-state index in [2.05, 4.69) is 20.8 Å². The molecule has 1 amide bonds. The molecule has 0 saturated heterocycles. The summed E-state index contributed by atoms with van der Waals surface area (Å²) in [6, 6.07) is 12.2. The van der Waals surface area contributed by atoms with Gasteiger partial charge < -0.3 is 19.7 Å². The Morgan fingerprint density at radius 2 is 2.08 bits per heavy atom. The maximum absolute atomic E-state index is 12.6. The Morgan fingerprint density at radius 3 is 2.72 bits per heavy atom. The summed E-state index contributed by atoms with van der Waals surface area (Å²) >= 11 is 6.17. The molecule has 2 atom stereocenters. The van der Waals surface area contributed by atoms with Crippen molar-refractivity contribution in [1.29, 1.82) is 5.26 Å². The molecule has 0 bridgehead atoms. The summed E-state index contributed by atoms with van der Waals surface area (Å²) in [5.74, 6) is -0.202. The lowest BCUT2D eigenvalue weighted by Crippen LogP contribution is -2.23. The number of carbonyl (C=O) groups is 2. The molecule has 3 N–H and O–H groups in total. The molecule has 36 heavy (non-hydrogen) atoms. The Morgan fingerprint density at radius 1 is 1.31 bits per heavy atom. The van der Waals surface area contributed by atoms with Crippen LogP contribution in [-0.2, 0) is 9.53 Å². The van der Waals surface area contributed by atoms with Crippen molar-refractivity contribution in [2.75, 3.05) is 17.2 Å². The van der Waals surface area contributed by atoms with Crippen LogP contribution in [0.1, 0.15) is 43.5 Å². The van der Waals surface area contributed by atoms with Gasteiger partial charge >= 0.3 is 12.1 Å². The first-order chi connectivity index (χ1) is 17.4. The fourth-order valence-electron chi connectivity index (χ4n) is 3.73. The Kier molecular flexibility index (Phi) is 7.71. The highest BCUT2D eigenvalue weighted by atomic mass is 35.5. The summed E-state index contributed by atoms with van der Waals surface area (Å²) in [6.07, 6.45) is 2.83. The van der Waals surface area contributed by atoms with E-state index in [-0.39, 0.29) is 23.7 Å². The van der Waals surface area contributed by atoms with E-state index in [0.717, 1.165) is 12.8 Å². The Bertz CT molecular complexity index is 1280. The molecule has 0 aliphatic heterocycles. The molecule has 11 heteroatoms. The third-order valence-electron chi connectivity index (χ3n) is 5.87. The Balaban J connectivity index is 1.43. The number of ether oxygens (including phenoxy) is 1. The number of carbonyl (C=O) groups excluding carboxylic acids is 1. The predicted octanol–water partition coefficient (Wildman–Crippen LogP) is 5.48. The molecule has 186 valence electrons. The van der Waals surface area contributed by atoms with Crippen molar-refractivity contribution in [2.24, 2.45) is 11.8 Å². The van der Waals surface area contributed by atoms with E-state index in [1.54, 1.807) is 43.3 Å². The van der Waals surface area contributed by atoms with Crippen LogP contribution in [0.2, 0.25) is 5.02 Å². The molecule has 2 unspecified atom stereocenters. The van der Waals surface area contributed by atoms with Gasteiger partial charge in [0, 0.05) is 28.9 Å². The zero-order valence-electron chi connectivity index (χ0n) is 19.4. The zero-order valence-corrected chi connectivity index (χ0v) is 20.2. The van der Waals surface area contributed by atoms with E-state index in [1.165, 1.54) is 6.20 Å². The maximum atomic E-state index is 12.6. The summed E-state index contributed by atoms with van der Waals surface area (Å²) in [5.41, 5.74) is 1.01. The van der Waals surface area contributed by atoms with Crippen molar-refractivity contribution in [2.45, 2.75) is 32.3 Å². The second-order valence-electron chi connectivity index (χ2n) is 8.57. The van der Waals surface area contributed by atoms with E-state index in [9.17, 15) is 20.0 Å². The standard InChI is InChI=1S/C25H24ClN5O5/c1-14(18-4-2-3-5-19(18)26)35-25(34)30-22-20(11-27)31-36-23(22)16-8-9-21(28-12-16)29-13-17(24(32)33)10-15-6-7-15/h2-5,8-9,12,14-15,17H,6-7,10,13H2,1H3,(H,28,29)(H,30,34)(H,32,33). The third-order valence-corrected chi connectivity index (χ3v) is 6.22. The van der Waals surface area contributed by atoms with Crippen molar-refractivity contribution in [3.05, 3.63) is 58.9 Å². The summed E-state index contributed by atoms with van der Waals surface area (Å²) in [7, 11) is 0. The topological polar surface area (TPSA) is 150 Å². The van der Waals surface area contributed by atoms with Gasteiger partial charge in [0.15, 0.2) is 5.76 Å². The highest BCUT2D eigenvalue weighted by molar-refractivity contribution is 6.31. The summed E-state index contributed by atoms with van der Waals surface area (Å²) in [6.45, 7) is 1.94. The molecule has 0 radical (unpaired) electrons. The van der Waals surface area contributed by atoms with E-state index >= 15 is 0 Å². The van der Waals surface area contributed by atoms with Crippen LogP contribution in [0.5, 0.6) is 0 Å². The number of halogens is 1. The molecule has 1 aliphatic carbocycles. The van der Waals surface area contributed by atoms with Crippen LogP contribution in [-0.4, -0.2) is 33.9 Å². The highest BCUT2D eigenvalue weighted by Crippen LogP contribution is 2.36. The number of carboxylic acid groups (broad SMARTS) is 1. The Labute approximate surface area is 212 Å². The van der Waals surface area contributed by atoms with Crippen LogP contribution >= 0.6 is 11.6 Å². The normalized spacial score (nSPS) is 14.4. The largest absolute Gasteiger partial charge is 0.481 e. The lowest BCUT2D eigenvalue weighted by Gasteiger charge is -2.15. The first-order valence-corrected chi connectivity index (χ1v) is 11.8. The van der Waals surface area contributed by atoms with Gasteiger partial charge in [0.1, 0.15) is 23.7 Å². The van der Waals surface area contributed by atoms with Crippen LogP contribution in [0.15, 0.2) is 47.1 Å². The number of hydrogen-bond donors (Lipinski definition) is 3. The molecular formula is C25H24ClN5O5. The maximum Gasteiger partial charge on any atom is 0.412 e. The van der Waals surface area contributed by atoms with Crippen LogP contribution in [0.25, 0.3) is 11.3 Å². The number of rotatable bonds is 10. The monoisotopic (exact) mass is 509 g/mol. The number of nitrogens with one attached hydrogen (secondary N) is 2. The number of benzene rings is 1. The van der Waals surface area contributed by atoms with Crippen molar-refractivity contribution in [1.82, 2.24) is 10.1 Å². The second kappa shape index (κ2) is 11.1. The van der Waals surface area contributed by atoms with E-state index in [1.807, 2.05) is 6.07 Å². The number of nitrogens with zero attached hydrogens (tertiary/aromatic N) is 3. The van der Waals surface area contributed by atoms with Crippen molar-refractivity contribution < 1.29 is 24.0 Å². The molecule has 3 aromatic rings. The zero-order chi connectivity index (χ0) is 25.7. The molecule has 4 rings (SSSR count). The highest BCUT2D eigenvalue weighted by Gasteiger charge is 2.29. The lowest BCUT2D eigenvalue weighted by molar-refractivity contribution is -0.141. The fraction of sp³-hybridized carbons (Fsp3) is 0.320. The first-order valence-electron chi connectivity index (χ1n) is 11.4. The minimum atomic E-state index is -0.830. The summed E-state index contributed by atoms with van der Waals surface area (Å²) < 4.78 is 10.7. The summed E-state index contributed by atoms with van der Waals surface area (Å²) in [5, 5.41) is 28.6. The summed E-state index contributed by atoms with van der Waals surface area (Å²) in [4.78, 5) is 28.4. The van der Waals surface area contributed by atoms with Gasteiger partial charge in [-0.25, -0.2) is 9.78 Å². The Hall–Kier alpha value is -4.10. The number of aliphatic carboxylic acids is 1. The number of hydrogen-bond acceptors (Lipinski definition) is 8. The molecule has 2 aromatic heterocycles. The molecule has 1 fully saturated rings. The van der Waals surface area contributed by atoms with Gasteiger partial charge in [0.25, 0.3) is 0 Å². The smallest absolute Gasteiger partial charge is 0.412 e. The minimum absolute atomic E-state index is 0.0479. The van der Waals surface area contributed by atoms with Crippen LogP contribution < -0.4 is 10.6 Å². The van der Waals surface area contributed by atoms with E-state index in [0.29, 0.717) is 34.3 Å². The average molecular weight is 510 g/mol. The molecular weight excluding hydrogens is 486 g/mol. The fourth-order valence-corrected chi connectivity index (χ4v) is 4.02. The number of anilines is 2. The molecule has 1 aliphatic rings. The van der Waals surface area contributed by atoms with Crippen LogP contribution in [0, 0.1) is 23.2 Å². The van der Waals surface area contributed by atoms with Gasteiger partial charge in [-0.3, -0.25) is 10.1 Å².